The number of hydrogen-bond donors (Lipinski definition) is 0. The lowest BCUT2D eigenvalue weighted by Gasteiger charge is -2.24. The zero-order chi connectivity index (χ0) is 16.4. The standard InChI is InChI=1S/C19H30O2S/c1-6-21-19(3,4)14-7-8-16(2)13-15-20-17-9-11-18(22-5)12-10-17/h9-13H,6-8,14-15H2,1-5H3. The summed E-state index contributed by atoms with van der Waals surface area (Å²) < 4.78 is 11.5. The Morgan fingerprint density at radius 1 is 1.23 bits per heavy atom. The van der Waals surface area contributed by atoms with Crippen LogP contribution in [0.15, 0.2) is 40.8 Å². The van der Waals surface area contributed by atoms with Crippen molar-refractivity contribution in [2.24, 2.45) is 0 Å². The Labute approximate surface area is 140 Å². The molecule has 0 saturated carbocycles. The van der Waals surface area contributed by atoms with Crippen molar-refractivity contribution in [2.75, 3.05) is 19.5 Å². The minimum absolute atomic E-state index is 0.00936. The monoisotopic (exact) mass is 322 g/mol. The second-order valence-corrected chi connectivity index (χ2v) is 6.96. The fourth-order valence-electron chi connectivity index (χ4n) is 2.31. The van der Waals surface area contributed by atoms with E-state index in [1.54, 1.807) is 11.8 Å². The van der Waals surface area contributed by atoms with Gasteiger partial charge in [-0.1, -0.05) is 5.57 Å². The Hall–Kier alpha value is -0.930. The zero-order valence-electron chi connectivity index (χ0n) is 14.6. The predicted octanol–water partition coefficient (Wildman–Crippen LogP) is 5.72. The normalized spacial score (nSPS) is 12.5. The molecule has 0 atom stereocenters. The third-order valence-corrected chi connectivity index (χ3v) is 4.37. The molecule has 0 aliphatic heterocycles. The largest absolute Gasteiger partial charge is 0.490 e. The first kappa shape index (κ1) is 19.1. The first-order chi connectivity index (χ1) is 10.5. The molecule has 0 aromatic heterocycles. The molecule has 0 saturated heterocycles. The van der Waals surface area contributed by atoms with Crippen molar-refractivity contribution in [3.8, 4) is 5.75 Å². The molecule has 0 radical (unpaired) electrons. The number of hydrogen-bond acceptors (Lipinski definition) is 3. The molecule has 2 nitrogen and oxygen atoms in total. The van der Waals surface area contributed by atoms with Gasteiger partial charge in [-0.3, -0.25) is 0 Å². The molecule has 0 unspecified atom stereocenters. The van der Waals surface area contributed by atoms with Gasteiger partial charge in [0.15, 0.2) is 0 Å². The second kappa shape index (κ2) is 9.96. The van der Waals surface area contributed by atoms with Crippen molar-refractivity contribution in [1.29, 1.82) is 0 Å². The van der Waals surface area contributed by atoms with Crippen molar-refractivity contribution in [3.05, 3.63) is 35.9 Å². The van der Waals surface area contributed by atoms with Crippen molar-refractivity contribution in [1.82, 2.24) is 0 Å². The van der Waals surface area contributed by atoms with Gasteiger partial charge in [-0.05, 0) is 83.6 Å². The lowest BCUT2D eigenvalue weighted by atomic mass is 9.99. The van der Waals surface area contributed by atoms with Crippen LogP contribution in [0.3, 0.4) is 0 Å². The molecule has 3 heteroatoms. The molecule has 1 aromatic carbocycles. The SMILES string of the molecule is CCOC(C)(C)CCCC(C)=CCOc1ccc(SC)cc1. The van der Waals surface area contributed by atoms with Gasteiger partial charge in [0.1, 0.15) is 12.4 Å². The Bertz CT molecular complexity index is 449. The van der Waals surface area contributed by atoms with Crippen LogP contribution in [0, 0.1) is 0 Å². The van der Waals surface area contributed by atoms with Crippen molar-refractivity contribution >= 4 is 11.8 Å². The molecule has 0 aliphatic rings. The van der Waals surface area contributed by atoms with Crippen LogP contribution >= 0.6 is 11.8 Å². The third-order valence-electron chi connectivity index (χ3n) is 3.63. The van der Waals surface area contributed by atoms with E-state index in [-0.39, 0.29) is 5.60 Å². The number of benzene rings is 1. The van der Waals surface area contributed by atoms with E-state index in [0.29, 0.717) is 6.61 Å². The highest BCUT2D eigenvalue weighted by Crippen LogP contribution is 2.20. The summed E-state index contributed by atoms with van der Waals surface area (Å²) in [4.78, 5) is 1.26. The van der Waals surface area contributed by atoms with Gasteiger partial charge >= 0.3 is 0 Å². The van der Waals surface area contributed by atoms with E-state index in [2.05, 4.69) is 52.2 Å². The maximum Gasteiger partial charge on any atom is 0.119 e. The van der Waals surface area contributed by atoms with Gasteiger partial charge in [-0.25, -0.2) is 0 Å². The number of ether oxygens (including phenoxy) is 2. The van der Waals surface area contributed by atoms with Crippen LogP contribution in [0.5, 0.6) is 5.75 Å². The average molecular weight is 323 g/mol. The van der Waals surface area contributed by atoms with Gasteiger partial charge in [0.25, 0.3) is 0 Å². The van der Waals surface area contributed by atoms with Gasteiger partial charge in [0.2, 0.25) is 0 Å². The quantitative estimate of drug-likeness (QED) is 0.405. The van der Waals surface area contributed by atoms with E-state index >= 15 is 0 Å². The first-order valence-electron chi connectivity index (χ1n) is 8.03. The maximum atomic E-state index is 5.75. The summed E-state index contributed by atoms with van der Waals surface area (Å²) in [5.41, 5.74) is 1.37. The molecular formula is C19H30O2S. The summed E-state index contributed by atoms with van der Waals surface area (Å²) in [6, 6.07) is 8.23. The molecule has 124 valence electrons. The summed E-state index contributed by atoms with van der Waals surface area (Å²) in [7, 11) is 0. The minimum atomic E-state index is -0.00936. The highest BCUT2D eigenvalue weighted by Gasteiger charge is 2.16. The van der Waals surface area contributed by atoms with E-state index in [4.69, 9.17) is 9.47 Å². The van der Waals surface area contributed by atoms with Crippen molar-refractivity contribution in [3.63, 3.8) is 0 Å². The van der Waals surface area contributed by atoms with Crippen LogP contribution in [0.1, 0.15) is 47.0 Å². The van der Waals surface area contributed by atoms with Gasteiger partial charge in [0.05, 0.1) is 5.60 Å². The molecule has 0 N–H and O–H groups in total. The van der Waals surface area contributed by atoms with Crippen LogP contribution in [0.2, 0.25) is 0 Å². The van der Waals surface area contributed by atoms with Crippen LogP contribution in [-0.2, 0) is 4.74 Å². The van der Waals surface area contributed by atoms with E-state index in [0.717, 1.165) is 31.6 Å². The van der Waals surface area contributed by atoms with E-state index in [9.17, 15) is 0 Å². The zero-order valence-corrected chi connectivity index (χ0v) is 15.5. The summed E-state index contributed by atoms with van der Waals surface area (Å²) in [6.07, 6.45) is 7.59. The maximum absolute atomic E-state index is 5.75. The van der Waals surface area contributed by atoms with Crippen molar-refractivity contribution in [2.45, 2.75) is 57.5 Å². The predicted molar refractivity (Wildman–Crippen MR) is 97.0 cm³/mol. The van der Waals surface area contributed by atoms with Crippen LogP contribution in [0.25, 0.3) is 0 Å². The van der Waals surface area contributed by atoms with Crippen LogP contribution in [0.4, 0.5) is 0 Å². The Balaban J connectivity index is 2.27. The summed E-state index contributed by atoms with van der Waals surface area (Å²) in [6.45, 7) is 9.97. The summed E-state index contributed by atoms with van der Waals surface area (Å²) in [5.74, 6) is 0.930. The molecule has 0 aliphatic carbocycles. The Morgan fingerprint density at radius 3 is 2.50 bits per heavy atom. The lowest BCUT2D eigenvalue weighted by molar-refractivity contribution is -0.0173. The topological polar surface area (TPSA) is 18.5 Å². The highest BCUT2D eigenvalue weighted by molar-refractivity contribution is 7.98. The smallest absolute Gasteiger partial charge is 0.119 e. The summed E-state index contributed by atoms with van der Waals surface area (Å²) in [5, 5.41) is 0. The fourth-order valence-corrected chi connectivity index (χ4v) is 2.72. The molecule has 0 spiro atoms. The molecule has 0 heterocycles. The van der Waals surface area contributed by atoms with Crippen molar-refractivity contribution < 1.29 is 9.47 Å². The minimum Gasteiger partial charge on any atom is -0.490 e. The second-order valence-electron chi connectivity index (χ2n) is 6.08. The van der Waals surface area contributed by atoms with E-state index < -0.39 is 0 Å². The van der Waals surface area contributed by atoms with E-state index in [1.165, 1.54) is 10.5 Å². The lowest BCUT2D eigenvalue weighted by Crippen LogP contribution is -2.24. The molecule has 1 rings (SSSR count). The average Bonchev–Trinajstić information content (AvgIpc) is 2.47. The van der Waals surface area contributed by atoms with Gasteiger partial charge in [-0.15, -0.1) is 11.8 Å². The first-order valence-corrected chi connectivity index (χ1v) is 9.26. The van der Waals surface area contributed by atoms with Gasteiger partial charge in [0, 0.05) is 11.5 Å². The number of rotatable bonds is 10. The molecular weight excluding hydrogens is 292 g/mol. The number of thioether (sulfide) groups is 1. The molecule has 0 fully saturated rings. The van der Waals surface area contributed by atoms with E-state index in [1.807, 2.05) is 12.1 Å². The van der Waals surface area contributed by atoms with Gasteiger partial charge in [-0.2, -0.15) is 0 Å². The Kier molecular flexibility index (Phi) is 8.66. The van der Waals surface area contributed by atoms with Crippen LogP contribution in [-0.4, -0.2) is 25.1 Å². The molecule has 1 aromatic rings. The molecule has 0 bridgehead atoms. The third kappa shape index (κ3) is 7.90. The van der Waals surface area contributed by atoms with Gasteiger partial charge < -0.3 is 9.47 Å². The molecule has 22 heavy (non-hydrogen) atoms. The highest BCUT2D eigenvalue weighted by atomic mass is 32.2. The summed E-state index contributed by atoms with van der Waals surface area (Å²) >= 11 is 1.74. The molecule has 0 amide bonds. The van der Waals surface area contributed by atoms with Crippen LogP contribution < -0.4 is 4.74 Å². The Morgan fingerprint density at radius 2 is 1.91 bits per heavy atom. The number of allylic oxidation sites excluding steroid dienone is 1. The fraction of sp³-hybridized carbons (Fsp3) is 0.579.